The van der Waals surface area contributed by atoms with Gasteiger partial charge in [0.1, 0.15) is 0 Å². The quantitative estimate of drug-likeness (QED) is 0.639. The number of para-hydroxylation sites is 1. The second-order valence-corrected chi connectivity index (χ2v) is 7.04. The standard InChI is InChI=1S/C19H17Cl2N3O/c1-22-19(25)16-9-13-11-4-2-3-5-15(11)23-18(13)17(24-16)12-7-6-10(20)8-14(12)21/h2-8,16-17,23-24H,9H2,1H3,(H,22,25)/t16-,17-/m1/s1. The highest BCUT2D eigenvalue weighted by Gasteiger charge is 2.34. The summed E-state index contributed by atoms with van der Waals surface area (Å²) < 4.78 is 0. The first-order chi connectivity index (χ1) is 12.1. The van der Waals surface area contributed by atoms with Crippen LogP contribution in [0.25, 0.3) is 10.9 Å². The van der Waals surface area contributed by atoms with Crippen molar-refractivity contribution in [2.24, 2.45) is 0 Å². The van der Waals surface area contributed by atoms with E-state index in [1.165, 1.54) is 0 Å². The minimum atomic E-state index is -0.326. The average molecular weight is 374 g/mol. The van der Waals surface area contributed by atoms with Crippen molar-refractivity contribution in [3.63, 3.8) is 0 Å². The lowest BCUT2D eigenvalue weighted by Gasteiger charge is -2.31. The van der Waals surface area contributed by atoms with Gasteiger partial charge < -0.3 is 10.3 Å². The molecule has 0 spiro atoms. The van der Waals surface area contributed by atoms with E-state index in [2.05, 4.69) is 21.7 Å². The van der Waals surface area contributed by atoms with Gasteiger partial charge in [-0.25, -0.2) is 0 Å². The maximum absolute atomic E-state index is 12.3. The maximum Gasteiger partial charge on any atom is 0.237 e. The molecule has 0 saturated carbocycles. The molecule has 0 unspecified atom stereocenters. The number of fused-ring (bicyclic) bond motifs is 3. The van der Waals surface area contributed by atoms with Crippen LogP contribution in [0.5, 0.6) is 0 Å². The molecule has 2 heterocycles. The molecule has 25 heavy (non-hydrogen) atoms. The second kappa shape index (κ2) is 6.37. The van der Waals surface area contributed by atoms with Gasteiger partial charge in [0.25, 0.3) is 0 Å². The first kappa shape index (κ1) is 16.5. The molecule has 1 aliphatic heterocycles. The molecule has 4 nitrogen and oxygen atoms in total. The number of likely N-dealkylation sites (N-methyl/N-ethyl adjacent to an activating group) is 1. The molecule has 0 radical (unpaired) electrons. The molecule has 3 N–H and O–H groups in total. The molecule has 0 saturated heterocycles. The Morgan fingerprint density at radius 1 is 1.20 bits per heavy atom. The fraction of sp³-hybridized carbons (Fsp3) is 0.211. The Morgan fingerprint density at radius 3 is 2.76 bits per heavy atom. The van der Waals surface area contributed by atoms with Gasteiger partial charge in [-0.15, -0.1) is 0 Å². The zero-order valence-electron chi connectivity index (χ0n) is 13.6. The molecule has 4 rings (SSSR count). The number of aromatic nitrogens is 1. The maximum atomic E-state index is 12.3. The van der Waals surface area contributed by atoms with E-state index in [0.717, 1.165) is 27.7 Å². The fourth-order valence-electron chi connectivity index (χ4n) is 3.56. The zero-order valence-corrected chi connectivity index (χ0v) is 15.1. The van der Waals surface area contributed by atoms with E-state index in [1.54, 1.807) is 13.1 Å². The first-order valence-electron chi connectivity index (χ1n) is 8.10. The van der Waals surface area contributed by atoms with Gasteiger partial charge >= 0.3 is 0 Å². The molecule has 1 aromatic heterocycles. The minimum absolute atomic E-state index is 0.0361. The van der Waals surface area contributed by atoms with Crippen molar-refractivity contribution in [2.45, 2.75) is 18.5 Å². The lowest BCUT2D eigenvalue weighted by atomic mass is 9.90. The van der Waals surface area contributed by atoms with E-state index in [-0.39, 0.29) is 18.0 Å². The van der Waals surface area contributed by atoms with Crippen LogP contribution in [0.15, 0.2) is 42.5 Å². The summed E-state index contributed by atoms with van der Waals surface area (Å²) in [5.41, 5.74) is 4.15. The van der Waals surface area contributed by atoms with E-state index in [4.69, 9.17) is 23.2 Å². The topological polar surface area (TPSA) is 56.9 Å². The summed E-state index contributed by atoms with van der Waals surface area (Å²) in [5.74, 6) is -0.0361. The number of aromatic amines is 1. The third kappa shape index (κ3) is 2.80. The Labute approximate surface area is 155 Å². The molecule has 1 aliphatic rings. The second-order valence-electron chi connectivity index (χ2n) is 6.20. The summed E-state index contributed by atoms with van der Waals surface area (Å²) in [5, 5.41) is 8.47. The van der Waals surface area contributed by atoms with Crippen molar-refractivity contribution >= 4 is 40.0 Å². The van der Waals surface area contributed by atoms with E-state index in [1.807, 2.05) is 30.3 Å². The zero-order chi connectivity index (χ0) is 17.6. The number of halogens is 2. The van der Waals surface area contributed by atoms with Crippen molar-refractivity contribution in [2.75, 3.05) is 7.05 Å². The van der Waals surface area contributed by atoms with E-state index in [9.17, 15) is 4.79 Å². The molecule has 128 valence electrons. The van der Waals surface area contributed by atoms with E-state index in [0.29, 0.717) is 16.5 Å². The number of amides is 1. The molecule has 2 atom stereocenters. The number of H-pyrrole nitrogens is 1. The van der Waals surface area contributed by atoms with Gasteiger partial charge in [0.05, 0.1) is 12.1 Å². The van der Waals surface area contributed by atoms with Crippen molar-refractivity contribution in [3.8, 4) is 0 Å². The normalized spacial score (nSPS) is 19.6. The molecule has 6 heteroatoms. The Morgan fingerprint density at radius 2 is 2.00 bits per heavy atom. The largest absolute Gasteiger partial charge is 0.358 e. The van der Waals surface area contributed by atoms with E-state index < -0.39 is 0 Å². The summed E-state index contributed by atoms with van der Waals surface area (Å²) in [6.07, 6.45) is 0.626. The highest BCUT2D eigenvalue weighted by Crippen LogP contribution is 2.38. The van der Waals surface area contributed by atoms with Gasteiger partial charge in [-0.3, -0.25) is 10.1 Å². The van der Waals surface area contributed by atoms with Crippen LogP contribution in [0.1, 0.15) is 22.9 Å². The SMILES string of the molecule is CNC(=O)[C@H]1Cc2c([nH]c3ccccc23)[C@@H](c2ccc(Cl)cc2Cl)N1. The van der Waals surface area contributed by atoms with E-state index >= 15 is 0 Å². The predicted octanol–water partition coefficient (Wildman–Crippen LogP) is 3.82. The molecular weight excluding hydrogens is 357 g/mol. The molecular formula is C19H17Cl2N3O. The highest BCUT2D eigenvalue weighted by atomic mass is 35.5. The van der Waals surface area contributed by atoms with Gasteiger partial charge in [0.15, 0.2) is 0 Å². The number of benzene rings is 2. The highest BCUT2D eigenvalue weighted by molar-refractivity contribution is 6.35. The van der Waals surface area contributed by atoms with Crippen LogP contribution >= 0.6 is 23.2 Å². The number of hydrogen-bond acceptors (Lipinski definition) is 2. The lowest BCUT2D eigenvalue weighted by Crippen LogP contribution is -2.49. The summed E-state index contributed by atoms with van der Waals surface area (Å²) in [7, 11) is 1.65. The van der Waals surface area contributed by atoms with Gasteiger partial charge in [-0.2, -0.15) is 0 Å². The van der Waals surface area contributed by atoms with Crippen molar-refractivity contribution in [3.05, 3.63) is 69.3 Å². The van der Waals surface area contributed by atoms with Crippen molar-refractivity contribution < 1.29 is 4.79 Å². The summed E-state index contributed by atoms with van der Waals surface area (Å²) in [4.78, 5) is 15.8. The summed E-state index contributed by atoms with van der Waals surface area (Å²) in [6.45, 7) is 0. The smallest absolute Gasteiger partial charge is 0.237 e. The third-order valence-corrected chi connectivity index (χ3v) is 5.31. The Balaban J connectivity index is 1.90. The van der Waals surface area contributed by atoms with Crippen LogP contribution in [0.4, 0.5) is 0 Å². The lowest BCUT2D eigenvalue weighted by molar-refractivity contribution is -0.122. The van der Waals surface area contributed by atoms with Gasteiger partial charge in [0, 0.05) is 33.7 Å². The van der Waals surface area contributed by atoms with Crippen LogP contribution in [0, 0.1) is 0 Å². The Kier molecular flexibility index (Phi) is 4.20. The Hall–Kier alpha value is -2.01. The molecule has 3 aromatic rings. The van der Waals surface area contributed by atoms with Gasteiger partial charge in [-0.05, 0) is 35.7 Å². The fourth-order valence-corrected chi connectivity index (χ4v) is 4.08. The molecule has 0 fully saturated rings. The monoisotopic (exact) mass is 373 g/mol. The summed E-state index contributed by atoms with van der Waals surface area (Å²) in [6, 6.07) is 13.1. The average Bonchev–Trinajstić information content (AvgIpc) is 2.99. The van der Waals surface area contributed by atoms with Gasteiger partial charge in [0.2, 0.25) is 5.91 Å². The molecule has 0 bridgehead atoms. The third-order valence-electron chi connectivity index (χ3n) is 4.75. The van der Waals surface area contributed by atoms with Crippen LogP contribution < -0.4 is 10.6 Å². The van der Waals surface area contributed by atoms with Crippen LogP contribution in [0.2, 0.25) is 10.0 Å². The van der Waals surface area contributed by atoms with Crippen LogP contribution in [-0.4, -0.2) is 24.0 Å². The van der Waals surface area contributed by atoms with Crippen molar-refractivity contribution in [1.29, 1.82) is 0 Å². The number of rotatable bonds is 2. The predicted molar refractivity (Wildman–Crippen MR) is 101 cm³/mol. The molecule has 0 aliphatic carbocycles. The van der Waals surface area contributed by atoms with Gasteiger partial charge in [-0.1, -0.05) is 47.5 Å². The number of carbonyl (C=O) groups is 1. The van der Waals surface area contributed by atoms with Crippen molar-refractivity contribution in [1.82, 2.24) is 15.6 Å². The first-order valence-corrected chi connectivity index (χ1v) is 8.86. The minimum Gasteiger partial charge on any atom is -0.358 e. The summed E-state index contributed by atoms with van der Waals surface area (Å²) >= 11 is 12.5. The number of hydrogen-bond donors (Lipinski definition) is 3. The molecule has 2 aromatic carbocycles. The van der Waals surface area contributed by atoms with Crippen LogP contribution in [-0.2, 0) is 11.2 Å². The number of carbonyl (C=O) groups excluding carboxylic acids is 1. The molecule has 1 amide bonds. The Bertz CT molecular complexity index is 966. The van der Waals surface area contributed by atoms with Crippen LogP contribution in [0.3, 0.4) is 0 Å². The number of nitrogens with one attached hydrogen (secondary N) is 3.